The summed E-state index contributed by atoms with van der Waals surface area (Å²) in [6.07, 6.45) is -6.47. The summed E-state index contributed by atoms with van der Waals surface area (Å²) in [5.74, 6) is 0. The molecular formula is C6H10F3O3P. The summed E-state index contributed by atoms with van der Waals surface area (Å²) in [5.41, 5.74) is 0. The van der Waals surface area contributed by atoms with Gasteiger partial charge in [0.2, 0.25) is 0 Å². The molecule has 0 spiro atoms. The lowest BCUT2D eigenvalue weighted by Gasteiger charge is -2.20. The van der Waals surface area contributed by atoms with E-state index in [-0.39, 0.29) is 0 Å². The molecular weight excluding hydrogens is 208 g/mol. The highest BCUT2D eigenvalue weighted by Crippen LogP contribution is 2.43. The molecule has 0 aliphatic rings. The minimum absolute atomic E-state index is 0.540. The molecule has 0 aliphatic heterocycles. The van der Waals surface area contributed by atoms with Gasteiger partial charge in [-0.3, -0.25) is 9.09 Å². The Hall–Kier alpha value is -0.320. The van der Waals surface area contributed by atoms with Crippen molar-refractivity contribution in [1.29, 1.82) is 0 Å². The summed E-state index contributed by atoms with van der Waals surface area (Å²) in [7, 11) is -4.12. The van der Waals surface area contributed by atoms with Crippen LogP contribution in [0, 0.1) is 0 Å². The van der Waals surface area contributed by atoms with Crippen LogP contribution in [0.1, 0.15) is 6.42 Å². The van der Waals surface area contributed by atoms with Crippen molar-refractivity contribution in [2.75, 3.05) is 6.66 Å². The van der Waals surface area contributed by atoms with Crippen LogP contribution < -0.4 is 0 Å². The minimum atomic E-state index is -4.65. The van der Waals surface area contributed by atoms with Gasteiger partial charge in [0.25, 0.3) is 0 Å². The summed E-state index contributed by atoms with van der Waals surface area (Å²) >= 11 is 0. The Bertz CT molecular complexity index is 220. The van der Waals surface area contributed by atoms with Gasteiger partial charge in [-0.25, -0.2) is 0 Å². The van der Waals surface area contributed by atoms with Crippen molar-refractivity contribution in [3.05, 3.63) is 12.7 Å². The Morgan fingerprint density at radius 1 is 1.69 bits per heavy atom. The summed E-state index contributed by atoms with van der Waals surface area (Å²) < 4.78 is 50.6. The monoisotopic (exact) mass is 218 g/mol. The Morgan fingerprint density at radius 2 is 2.15 bits per heavy atom. The maximum Gasteiger partial charge on any atom is 0.415 e. The van der Waals surface area contributed by atoms with E-state index in [0.29, 0.717) is 6.66 Å². The van der Waals surface area contributed by atoms with Gasteiger partial charge >= 0.3 is 13.8 Å². The molecule has 13 heavy (non-hydrogen) atoms. The predicted octanol–water partition coefficient (Wildman–Crippen LogP) is 2.33. The van der Waals surface area contributed by atoms with Crippen LogP contribution in [0.2, 0.25) is 0 Å². The van der Waals surface area contributed by atoms with E-state index in [9.17, 15) is 17.7 Å². The fourth-order valence-electron chi connectivity index (χ4n) is 0.624. The van der Waals surface area contributed by atoms with Crippen molar-refractivity contribution < 1.29 is 27.2 Å². The first kappa shape index (κ1) is 12.7. The summed E-state index contributed by atoms with van der Waals surface area (Å²) in [5, 5.41) is 0. The van der Waals surface area contributed by atoms with E-state index in [2.05, 4.69) is 11.1 Å². The highest BCUT2D eigenvalue weighted by Gasteiger charge is 2.42. The number of alkyl halides is 3. The van der Waals surface area contributed by atoms with E-state index in [4.69, 9.17) is 4.89 Å². The predicted molar refractivity (Wildman–Crippen MR) is 41.5 cm³/mol. The van der Waals surface area contributed by atoms with E-state index in [1.807, 2.05) is 0 Å². The van der Waals surface area contributed by atoms with Crippen molar-refractivity contribution in [2.45, 2.75) is 18.7 Å². The summed E-state index contributed by atoms with van der Waals surface area (Å²) in [4.78, 5) is 8.58. The summed E-state index contributed by atoms with van der Waals surface area (Å²) in [6, 6.07) is 0. The smallest absolute Gasteiger partial charge is 0.324 e. The fourth-order valence-corrected chi connectivity index (χ4v) is 1.30. The molecule has 0 bridgehead atoms. The van der Waals surface area contributed by atoms with Gasteiger partial charge in [-0.05, 0) is 0 Å². The zero-order valence-electron chi connectivity index (χ0n) is 6.91. The van der Waals surface area contributed by atoms with Crippen LogP contribution >= 0.6 is 7.60 Å². The average Bonchev–Trinajstić information content (AvgIpc) is 1.81. The van der Waals surface area contributed by atoms with Gasteiger partial charge in [-0.2, -0.15) is 13.2 Å². The standard InChI is InChI=1S/C6H10F3O3P/c1-3-4-5(6(7,8)9)12-13(2,10)11/h3,5H,1,4H2,2H3,(H,10,11). The van der Waals surface area contributed by atoms with Gasteiger partial charge < -0.3 is 4.89 Å². The Morgan fingerprint density at radius 3 is 2.38 bits per heavy atom. The fraction of sp³-hybridized carbons (Fsp3) is 0.667. The first-order valence-electron chi connectivity index (χ1n) is 3.33. The minimum Gasteiger partial charge on any atom is -0.324 e. The van der Waals surface area contributed by atoms with Crippen LogP contribution in [0.25, 0.3) is 0 Å². The second-order valence-corrected chi connectivity index (χ2v) is 4.28. The second-order valence-electron chi connectivity index (χ2n) is 2.46. The second kappa shape index (κ2) is 4.26. The number of hydrogen-bond acceptors (Lipinski definition) is 2. The molecule has 2 atom stereocenters. The molecule has 0 aliphatic carbocycles. The average molecular weight is 218 g/mol. The van der Waals surface area contributed by atoms with Crippen LogP contribution in [0.3, 0.4) is 0 Å². The molecule has 1 N–H and O–H groups in total. The number of hydrogen-bond donors (Lipinski definition) is 1. The highest BCUT2D eigenvalue weighted by molar-refractivity contribution is 7.51. The van der Waals surface area contributed by atoms with Gasteiger partial charge in [0, 0.05) is 13.1 Å². The maximum atomic E-state index is 12.0. The topological polar surface area (TPSA) is 46.5 Å². The largest absolute Gasteiger partial charge is 0.415 e. The van der Waals surface area contributed by atoms with Crippen LogP contribution in [0.5, 0.6) is 0 Å². The molecule has 0 heterocycles. The molecule has 0 rings (SSSR count). The van der Waals surface area contributed by atoms with Crippen molar-refractivity contribution in [2.24, 2.45) is 0 Å². The van der Waals surface area contributed by atoms with E-state index in [0.717, 1.165) is 6.08 Å². The van der Waals surface area contributed by atoms with E-state index < -0.39 is 26.3 Å². The van der Waals surface area contributed by atoms with Crippen LogP contribution in [0.4, 0.5) is 13.2 Å². The lowest BCUT2D eigenvalue weighted by atomic mass is 10.2. The maximum absolute atomic E-state index is 12.0. The van der Waals surface area contributed by atoms with Crippen molar-refractivity contribution >= 4 is 7.60 Å². The molecule has 0 saturated heterocycles. The van der Waals surface area contributed by atoms with E-state index in [1.54, 1.807) is 0 Å². The normalized spacial score (nSPS) is 19.2. The summed E-state index contributed by atoms with van der Waals surface area (Å²) in [6.45, 7) is 3.80. The molecule has 78 valence electrons. The Kier molecular flexibility index (Phi) is 4.16. The molecule has 0 aromatic rings. The third-order valence-corrected chi connectivity index (χ3v) is 1.71. The van der Waals surface area contributed by atoms with Crippen molar-refractivity contribution in [3.8, 4) is 0 Å². The number of halogens is 3. The van der Waals surface area contributed by atoms with Gasteiger partial charge in [0.05, 0.1) is 0 Å². The van der Waals surface area contributed by atoms with Crippen molar-refractivity contribution in [1.82, 2.24) is 0 Å². The molecule has 2 unspecified atom stereocenters. The lowest BCUT2D eigenvalue weighted by molar-refractivity contribution is -0.195. The van der Waals surface area contributed by atoms with Crippen molar-refractivity contribution in [3.63, 3.8) is 0 Å². The molecule has 0 aromatic heterocycles. The molecule has 3 nitrogen and oxygen atoms in total. The molecule has 0 saturated carbocycles. The first-order valence-corrected chi connectivity index (χ1v) is 5.35. The third-order valence-electron chi connectivity index (χ3n) is 1.07. The van der Waals surface area contributed by atoms with Gasteiger partial charge in [0.15, 0.2) is 6.10 Å². The quantitative estimate of drug-likeness (QED) is 0.581. The zero-order chi connectivity index (χ0) is 10.7. The third kappa shape index (κ3) is 5.85. The SMILES string of the molecule is C=CCC(OP(C)(=O)O)C(F)(F)F. The first-order chi connectivity index (χ1) is 5.67. The van der Waals surface area contributed by atoms with Crippen LogP contribution in [0.15, 0.2) is 12.7 Å². The number of rotatable bonds is 4. The Labute approximate surface area is 73.7 Å². The molecule has 7 heteroatoms. The molecule has 0 amide bonds. The molecule has 0 aromatic carbocycles. The Balaban J connectivity index is 4.45. The van der Waals surface area contributed by atoms with E-state index >= 15 is 0 Å². The van der Waals surface area contributed by atoms with Gasteiger partial charge in [0.1, 0.15) is 0 Å². The zero-order valence-corrected chi connectivity index (χ0v) is 7.81. The van der Waals surface area contributed by atoms with Crippen LogP contribution in [-0.4, -0.2) is 23.8 Å². The lowest BCUT2D eigenvalue weighted by Crippen LogP contribution is -2.30. The van der Waals surface area contributed by atoms with Gasteiger partial charge in [-0.15, -0.1) is 6.58 Å². The van der Waals surface area contributed by atoms with Gasteiger partial charge in [-0.1, -0.05) is 6.08 Å². The highest BCUT2D eigenvalue weighted by atomic mass is 31.2. The molecule has 0 radical (unpaired) electrons. The van der Waals surface area contributed by atoms with Crippen LogP contribution in [-0.2, 0) is 9.09 Å². The molecule has 0 fully saturated rings. The van der Waals surface area contributed by atoms with E-state index in [1.165, 1.54) is 0 Å².